The lowest BCUT2D eigenvalue weighted by molar-refractivity contribution is -0.158. The molecular weight excluding hydrogens is 380 g/mol. The van der Waals surface area contributed by atoms with Crippen molar-refractivity contribution in [1.82, 2.24) is 0 Å². The first kappa shape index (κ1) is 20.9. The molecule has 4 aliphatic carbocycles. The lowest BCUT2D eigenvalue weighted by Crippen LogP contribution is -2.53. The lowest BCUT2D eigenvalue weighted by atomic mass is 9.44. The molecule has 5 rings (SSSR count). The van der Waals surface area contributed by atoms with Gasteiger partial charge in [0.1, 0.15) is 6.10 Å². The van der Waals surface area contributed by atoms with Gasteiger partial charge in [-0.2, -0.15) is 0 Å². The van der Waals surface area contributed by atoms with Crippen molar-refractivity contribution < 1.29 is 9.53 Å². The Bertz CT molecular complexity index is 934. The van der Waals surface area contributed by atoms with Crippen molar-refractivity contribution in [2.75, 3.05) is 0 Å². The van der Waals surface area contributed by atoms with E-state index in [4.69, 9.17) is 4.74 Å². The van der Waals surface area contributed by atoms with Gasteiger partial charge < -0.3 is 4.74 Å². The number of hydrogen-bond donors (Lipinski definition) is 0. The third-order valence-electron chi connectivity index (χ3n) is 9.65. The summed E-state index contributed by atoms with van der Waals surface area (Å²) < 4.78 is 5.62. The maximum atomic E-state index is 11.5. The number of esters is 1. The maximum Gasteiger partial charge on any atom is 0.302 e. The normalized spacial score (nSPS) is 41.0. The summed E-state index contributed by atoms with van der Waals surface area (Å²) >= 11 is 0. The maximum absolute atomic E-state index is 11.5. The minimum Gasteiger partial charge on any atom is -0.463 e. The lowest BCUT2D eigenvalue weighted by Gasteiger charge is -2.60. The predicted octanol–water partition coefficient (Wildman–Crippen LogP) is 6.55. The van der Waals surface area contributed by atoms with Crippen molar-refractivity contribution in [3.63, 3.8) is 0 Å². The van der Waals surface area contributed by atoms with Gasteiger partial charge in [0.2, 0.25) is 0 Å². The molecule has 164 valence electrons. The average molecular weight is 417 g/mol. The second-order valence-corrected chi connectivity index (χ2v) is 11.1. The number of carbonyl (C=O) groups is 1. The Hall–Kier alpha value is -2.01. The molecule has 0 radical (unpaired) electrons. The molecule has 0 heterocycles. The standard InChI is InChI=1S/C29H36O2/c1-20(30)31-24-15-17-29(3)23(19-24)11-13-25-26-14-12-22(28(26,2)18-16-27(25)29)10-9-21-7-5-4-6-8-21/h4-8,12,23-27H,11,13-19H2,1-3H3/t23-,24+,25+,26-,27+,28+,29-/m1/s1. The van der Waals surface area contributed by atoms with Gasteiger partial charge in [0, 0.05) is 23.5 Å². The molecule has 0 unspecified atom stereocenters. The second-order valence-electron chi connectivity index (χ2n) is 11.1. The van der Waals surface area contributed by atoms with E-state index in [1.54, 1.807) is 6.92 Å². The molecule has 0 bridgehead atoms. The fourth-order valence-electron chi connectivity index (χ4n) is 7.98. The Balaban J connectivity index is 1.33. The SMILES string of the molecule is CC(=O)O[C@H]1CC[C@]2(C)[C@H](CC[C@H]3[C@H]4CC=C(C#Cc5ccccc5)[C@]4(C)CC[C@@H]32)C1. The van der Waals surface area contributed by atoms with Crippen LogP contribution in [0.2, 0.25) is 0 Å². The van der Waals surface area contributed by atoms with Gasteiger partial charge in [0.15, 0.2) is 0 Å². The molecule has 3 fully saturated rings. The number of ether oxygens (including phenoxy) is 1. The highest BCUT2D eigenvalue weighted by atomic mass is 16.5. The first-order valence-corrected chi connectivity index (χ1v) is 12.3. The van der Waals surface area contributed by atoms with Crippen molar-refractivity contribution in [2.24, 2.45) is 34.5 Å². The van der Waals surface area contributed by atoms with E-state index < -0.39 is 0 Å². The smallest absolute Gasteiger partial charge is 0.302 e. The summed E-state index contributed by atoms with van der Waals surface area (Å²) in [6, 6.07) is 10.4. The van der Waals surface area contributed by atoms with Crippen LogP contribution in [0.4, 0.5) is 0 Å². The molecule has 0 N–H and O–H groups in total. The van der Waals surface area contributed by atoms with Gasteiger partial charge in [-0.25, -0.2) is 0 Å². The summed E-state index contributed by atoms with van der Waals surface area (Å²) in [6.45, 7) is 6.62. The van der Waals surface area contributed by atoms with Gasteiger partial charge in [-0.05, 0) is 92.6 Å². The molecule has 2 heteroatoms. The van der Waals surface area contributed by atoms with Gasteiger partial charge in [-0.3, -0.25) is 4.79 Å². The second kappa shape index (κ2) is 7.84. The zero-order valence-corrected chi connectivity index (χ0v) is 19.3. The van der Waals surface area contributed by atoms with E-state index in [1.165, 1.54) is 44.1 Å². The first-order chi connectivity index (χ1) is 14.9. The first-order valence-electron chi connectivity index (χ1n) is 12.3. The van der Waals surface area contributed by atoms with Crippen LogP contribution in [0.25, 0.3) is 0 Å². The Morgan fingerprint density at radius 3 is 2.58 bits per heavy atom. The van der Waals surface area contributed by atoms with Crippen molar-refractivity contribution in [2.45, 2.75) is 78.2 Å². The third kappa shape index (κ3) is 3.55. The molecular formula is C29H36O2. The Morgan fingerprint density at radius 2 is 1.81 bits per heavy atom. The van der Waals surface area contributed by atoms with Gasteiger partial charge in [-0.15, -0.1) is 0 Å². The van der Waals surface area contributed by atoms with Gasteiger partial charge in [0.05, 0.1) is 0 Å². The van der Waals surface area contributed by atoms with E-state index in [-0.39, 0.29) is 17.5 Å². The molecule has 0 saturated heterocycles. The van der Waals surface area contributed by atoms with E-state index in [0.29, 0.717) is 11.3 Å². The van der Waals surface area contributed by atoms with Crippen LogP contribution >= 0.6 is 0 Å². The van der Waals surface area contributed by atoms with Crippen molar-refractivity contribution in [3.8, 4) is 11.8 Å². The van der Waals surface area contributed by atoms with E-state index in [0.717, 1.165) is 36.2 Å². The summed E-state index contributed by atoms with van der Waals surface area (Å²) in [5, 5.41) is 0. The zero-order chi connectivity index (χ0) is 21.6. The molecule has 0 spiro atoms. The minimum atomic E-state index is -0.114. The van der Waals surface area contributed by atoms with Gasteiger partial charge in [-0.1, -0.05) is 50.0 Å². The highest BCUT2D eigenvalue weighted by Crippen LogP contribution is 2.66. The number of allylic oxidation sites excluding steroid dienone is 2. The molecule has 0 aromatic heterocycles. The highest BCUT2D eigenvalue weighted by Gasteiger charge is 2.58. The quantitative estimate of drug-likeness (QED) is 0.383. The van der Waals surface area contributed by atoms with Crippen LogP contribution in [-0.4, -0.2) is 12.1 Å². The number of fused-ring (bicyclic) bond motifs is 5. The fraction of sp³-hybridized carbons (Fsp3) is 0.621. The minimum absolute atomic E-state index is 0.114. The topological polar surface area (TPSA) is 26.3 Å². The third-order valence-corrected chi connectivity index (χ3v) is 9.65. The molecule has 31 heavy (non-hydrogen) atoms. The largest absolute Gasteiger partial charge is 0.463 e. The average Bonchev–Trinajstić information content (AvgIpc) is 3.09. The molecule has 7 atom stereocenters. The molecule has 1 aromatic carbocycles. The summed E-state index contributed by atoms with van der Waals surface area (Å²) in [6.07, 6.45) is 12.4. The van der Waals surface area contributed by atoms with Crippen LogP contribution in [0, 0.1) is 46.3 Å². The molecule has 1 aromatic rings. The van der Waals surface area contributed by atoms with E-state index in [1.807, 2.05) is 0 Å². The van der Waals surface area contributed by atoms with Gasteiger partial charge >= 0.3 is 5.97 Å². The number of rotatable bonds is 1. The van der Waals surface area contributed by atoms with Crippen molar-refractivity contribution in [1.29, 1.82) is 0 Å². The van der Waals surface area contributed by atoms with Crippen molar-refractivity contribution in [3.05, 3.63) is 47.5 Å². The summed E-state index contributed by atoms with van der Waals surface area (Å²) in [5.41, 5.74) is 3.17. The molecule has 0 amide bonds. The monoisotopic (exact) mass is 416 g/mol. The number of benzene rings is 1. The zero-order valence-electron chi connectivity index (χ0n) is 19.3. The summed E-state index contributed by atoms with van der Waals surface area (Å²) in [5.74, 6) is 9.99. The van der Waals surface area contributed by atoms with Crippen LogP contribution in [0.1, 0.15) is 77.7 Å². The van der Waals surface area contributed by atoms with E-state index in [9.17, 15) is 4.79 Å². The molecule has 4 aliphatic rings. The van der Waals surface area contributed by atoms with Crippen LogP contribution in [-0.2, 0) is 9.53 Å². The Kier molecular flexibility index (Phi) is 5.28. The van der Waals surface area contributed by atoms with Crippen LogP contribution in [0.15, 0.2) is 42.0 Å². The summed E-state index contributed by atoms with van der Waals surface area (Å²) in [7, 11) is 0. The predicted molar refractivity (Wildman–Crippen MR) is 124 cm³/mol. The molecule has 3 saturated carbocycles. The number of carbonyl (C=O) groups excluding carboxylic acids is 1. The highest BCUT2D eigenvalue weighted by molar-refractivity contribution is 5.66. The van der Waals surface area contributed by atoms with E-state index in [2.05, 4.69) is 62.1 Å². The van der Waals surface area contributed by atoms with Crippen LogP contribution in [0.5, 0.6) is 0 Å². The Morgan fingerprint density at radius 1 is 1.00 bits per heavy atom. The number of hydrogen-bond acceptors (Lipinski definition) is 2. The molecule has 0 aliphatic heterocycles. The summed E-state index contributed by atoms with van der Waals surface area (Å²) in [4.78, 5) is 11.5. The van der Waals surface area contributed by atoms with Crippen molar-refractivity contribution >= 4 is 5.97 Å². The van der Waals surface area contributed by atoms with Crippen LogP contribution in [0.3, 0.4) is 0 Å². The van der Waals surface area contributed by atoms with E-state index >= 15 is 0 Å². The van der Waals surface area contributed by atoms with Gasteiger partial charge in [0.25, 0.3) is 0 Å². The molecule has 2 nitrogen and oxygen atoms in total. The fourth-order valence-corrected chi connectivity index (χ4v) is 7.98. The van der Waals surface area contributed by atoms with Crippen LogP contribution < -0.4 is 0 Å². The Labute approximate surface area is 187 Å².